The van der Waals surface area contributed by atoms with E-state index in [9.17, 15) is 9.36 Å². The Morgan fingerprint density at radius 3 is 2.24 bits per heavy atom. The van der Waals surface area contributed by atoms with Crippen molar-refractivity contribution < 1.29 is 27.7 Å². The first kappa shape index (κ1) is 18.8. The molecule has 7 heteroatoms. The van der Waals surface area contributed by atoms with Crippen LogP contribution >= 0.6 is 7.82 Å². The number of benzene rings is 2. The molecule has 0 aliphatic rings. The number of phosphoric acid groups is 1. The number of hydrogen-bond acceptors (Lipinski definition) is 6. The first-order valence-corrected chi connectivity index (χ1v) is 8.96. The summed E-state index contributed by atoms with van der Waals surface area (Å²) in [7, 11) is -2.69. The first-order chi connectivity index (χ1) is 12.0. The summed E-state index contributed by atoms with van der Waals surface area (Å²) < 4.78 is 32.8. The van der Waals surface area contributed by atoms with Crippen molar-refractivity contribution in [3.63, 3.8) is 0 Å². The van der Waals surface area contributed by atoms with Crippen LogP contribution in [0, 0.1) is 0 Å². The van der Waals surface area contributed by atoms with Gasteiger partial charge in [0.1, 0.15) is 18.1 Å². The fourth-order valence-corrected chi connectivity index (χ4v) is 2.81. The zero-order chi connectivity index (χ0) is 18.1. The van der Waals surface area contributed by atoms with Crippen LogP contribution in [-0.2, 0) is 29.8 Å². The van der Waals surface area contributed by atoms with Crippen molar-refractivity contribution in [1.82, 2.24) is 0 Å². The lowest BCUT2D eigenvalue weighted by Crippen LogP contribution is -2.04. The molecule has 25 heavy (non-hydrogen) atoms. The van der Waals surface area contributed by atoms with E-state index in [1.807, 2.05) is 30.3 Å². The number of rotatable bonds is 8. The molecule has 2 rings (SSSR count). The molecule has 2 aromatic rings. The Morgan fingerprint density at radius 1 is 1.04 bits per heavy atom. The maximum atomic E-state index is 12.5. The van der Waals surface area contributed by atoms with E-state index >= 15 is 0 Å². The Kier molecular flexibility index (Phi) is 6.81. The Balaban J connectivity index is 1.93. The van der Waals surface area contributed by atoms with Gasteiger partial charge in [-0.3, -0.25) is 4.52 Å². The summed E-state index contributed by atoms with van der Waals surface area (Å²) in [6.07, 6.45) is 1.09. The van der Waals surface area contributed by atoms with Crippen molar-refractivity contribution >= 4 is 13.8 Å². The standard InChI is InChI=1S/C18H19O6P/c1-15(13-18(19)22-14-16-9-5-3-6-10-16)23-25(20,21-2)24-17-11-7-4-8-12-17/h3-13H,14H2,1-2H3. The number of carbonyl (C=O) groups excluding carboxylic acids is 1. The molecule has 0 fully saturated rings. The topological polar surface area (TPSA) is 71.1 Å². The maximum absolute atomic E-state index is 12.5. The van der Waals surface area contributed by atoms with E-state index < -0.39 is 13.8 Å². The summed E-state index contributed by atoms with van der Waals surface area (Å²) in [6, 6.07) is 17.7. The highest BCUT2D eigenvalue weighted by molar-refractivity contribution is 7.49. The van der Waals surface area contributed by atoms with Gasteiger partial charge in [-0.1, -0.05) is 48.5 Å². The second-order valence-electron chi connectivity index (χ2n) is 4.97. The molecule has 1 unspecified atom stereocenters. The Morgan fingerprint density at radius 2 is 1.64 bits per heavy atom. The average Bonchev–Trinajstić information content (AvgIpc) is 2.61. The molecule has 0 N–H and O–H groups in total. The lowest BCUT2D eigenvalue weighted by atomic mass is 10.2. The molecule has 0 heterocycles. The second-order valence-corrected chi connectivity index (χ2v) is 6.60. The van der Waals surface area contributed by atoms with Crippen LogP contribution < -0.4 is 4.52 Å². The van der Waals surface area contributed by atoms with Crippen molar-refractivity contribution in [3.8, 4) is 5.75 Å². The van der Waals surface area contributed by atoms with Gasteiger partial charge in [0.15, 0.2) is 0 Å². The number of esters is 1. The van der Waals surface area contributed by atoms with Crippen molar-refractivity contribution in [2.45, 2.75) is 13.5 Å². The molecule has 0 spiro atoms. The largest absolute Gasteiger partial charge is 0.586 e. The van der Waals surface area contributed by atoms with Crippen LogP contribution in [0.25, 0.3) is 0 Å². The maximum Gasteiger partial charge on any atom is 0.586 e. The third-order valence-corrected chi connectivity index (χ3v) is 4.38. The molecule has 0 saturated heterocycles. The number of ether oxygens (including phenoxy) is 1. The smallest absolute Gasteiger partial charge is 0.458 e. The minimum absolute atomic E-state index is 0.0548. The van der Waals surface area contributed by atoms with Gasteiger partial charge in [-0.2, -0.15) is 0 Å². The third kappa shape index (κ3) is 6.45. The molecule has 0 amide bonds. The van der Waals surface area contributed by atoms with Crippen LogP contribution in [0.3, 0.4) is 0 Å². The molecule has 1 atom stereocenters. The molecular formula is C18H19O6P. The fourth-order valence-electron chi connectivity index (χ4n) is 1.84. The van der Waals surface area contributed by atoms with E-state index in [2.05, 4.69) is 0 Å². The van der Waals surface area contributed by atoms with Crippen molar-refractivity contribution in [3.05, 3.63) is 78.1 Å². The van der Waals surface area contributed by atoms with Crippen molar-refractivity contribution in [2.24, 2.45) is 0 Å². The molecule has 132 valence electrons. The Hall–Kier alpha value is -2.56. The van der Waals surface area contributed by atoms with Crippen molar-refractivity contribution in [2.75, 3.05) is 7.11 Å². The van der Waals surface area contributed by atoms with Gasteiger partial charge in [-0.05, 0) is 24.6 Å². The summed E-state index contributed by atoms with van der Waals surface area (Å²) in [5, 5.41) is 0. The second kappa shape index (κ2) is 9.06. The molecule has 0 saturated carbocycles. The highest BCUT2D eigenvalue weighted by atomic mass is 31.2. The van der Waals surface area contributed by atoms with Crippen LogP contribution in [0.15, 0.2) is 72.5 Å². The monoisotopic (exact) mass is 362 g/mol. The van der Waals surface area contributed by atoms with Crippen LogP contribution in [-0.4, -0.2) is 13.1 Å². The summed E-state index contributed by atoms with van der Waals surface area (Å²) in [5.41, 5.74) is 0.859. The normalized spacial score (nSPS) is 13.6. The van der Waals surface area contributed by atoms with E-state index in [0.29, 0.717) is 5.75 Å². The predicted molar refractivity (Wildman–Crippen MR) is 92.8 cm³/mol. The van der Waals surface area contributed by atoms with Crippen LogP contribution in [0.5, 0.6) is 5.75 Å². The summed E-state index contributed by atoms with van der Waals surface area (Å²) in [4.78, 5) is 11.8. The zero-order valence-electron chi connectivity index (χ0n) is 14.0. The van der Waals surface area contributed by atoms with Gasteiger partial charge < -0.3 is 13.8 Å². The van der Waals surface area contributed by atoms with Gasteiger partial charge in [-0.15, -0.1) is 0 Å². The van der Waals surface area contributed by atoms with Gasteiger partial charge >= 0.3 is 13.8 Å². The summed E-state index contributed by atoms with van der Waals surface area (Å²) in [5.74, 6) is -0.241. The minimum Gasteiger partial charge on any atom is -0.458 e. The molecule has 6 nitrogen and oxygen atoms in total. The molecule has 0 bridgehead atoms. The van der Waals surface area contributed by atoms with E-state index in [0.717, 1.165) is 11.6 Å². The number of carbonyl (C=O) groups is 1. The van der Waals surface area contributed by atoms with E-state index in [1.54, 1.807) is 30.3 Å². The number of para-hydroxylation sites is 1. The quantitative estimate of drug-likeness (QED) is 0.298. The predicted octanol–water partition coefficient (Wildman–Crippen LogP) is 4.48. The van der Waals surface area contributed by atoms with E-state index in [1.165, 1.54) is 14.0 Å². The van der Waals surface area contributed by atoms with Gasteiger partial charge in [0.05, 0.1) is 6.08 Å². The summed E-state index contributed by atoms with van der Waals surface area (Å²) in [6.45, 7) is 1.59. The molecule has 0 aliphatic carbocycles. The van der Waals surface area contributed by atoms with Crippen molar-refractivity contribution in [1.29, 1.82) is 0 Å². The number of allylic oxidation sites excluding steroid dienone is 1. The van der Waals surface area contributed by atoms with Crippen LogP contribution in [0.4, 0.5) is 0 Å². The first-order valence-electron chi connectivity index (χ1n) is 7.50. The average molecular weight is 362 g/mol. The lowest BCUT2D eigenvalue weighted by molar-refractivity contribution is -0.139. The third-order valence-electron chi connectivity index (χ3n) is 2.98. The Bertz CT molecular complexity index is 758. The highest BCUT2D eigenvalue weighted by Gasteiger charge is 2.29. The van der Waals surface area contributed by atoms with Crippen LogP contribution in [0.2, 0.25) is 0 Å². The fraction of sp³-hybridized carbons (Fsp3) is 0.167. The lowest BCUT2D eigenvalue weighted by Gasteiger charge is -2.17. The van der Waals surface area contributed by atoms with E-state index in [4.69, 9.17) is 18.3 Å². The van der Waals surface area contributed by atoms with Gasteiger partial charge in [0.2, 0.25) is 0 Å². The van der Waals surface area contributed by atoms with Gasteiger partial charge in [0.25, 0.3) is 0 Å². The zero-order valence-corrected chi connectivity index (χ0v) is 14.8. The van der Waals surface area contributed by atoms with Crippen LogP contribution in [0.1, 0.15) is 12.5 Å². The number of phosphoric ester groups is 1. The van der Waals surface area contributed by atoms with Gasteiger partial charge in [0, 0.05) is 7.11 Å². The van der Waals surface area contributed by atoms with E-state index in [-0.39, 0.29) is 12.4 Å². The SMILES string of the molecule is COP(=O)(OC(C)=CC(=O)OCc1ccccc1)Oc1ccccc1. The molecular weight excluding hydrogens is 343 g/mol. The Labute approximate surface area is 146 Å². The summed E-state index contributed by atoms with van der Waals surface area (Å²) >= 11 is 0. The molecule has 0 aromatic heterocycles. The minimum atomic E-state index is -3.89. The molecule has 2 aromatic carbocycles. The highest BCUT2D eigenvalue weighted by Crippen LogP contribution is 2.50. The van der Waals surface area contributed by atoms with Gasteiger partial charge in [-0.25, -0.2) is 9.36 Å². The molecule has 0 radical (unpaired) electrons. The molecule has 0 aliphatic heterocycles. The number of hydrogen-bond donors (Lipinski definition) is 0.